The minimum absolute atomic E-state index is 0.152. The molecule has 24 nitrogen and oxygen atoms in total. The predicted molar refractivity (Wildman–Crippen MR) is 151 cm³/mol. The first-order chi connectivity index (χ1) is 22.4. The number of nitrogens with two attached hydrogens (primary N) is 1. The van der Waals surface area contributed by atoms with Crippen LogP contribution in [-0.4, -0.2) is 121 Å². The van der Waals surface area contributed by atoms with Crippen LogP contribution < -0.4 is 11.3 Å². The molecule has 5 heterocycles. The Morgan fingerprint density at radius 3 is 2.23 bits per heavy atom. The van der Waals surface area contributed by atoms with Crippen molar-refractivity contribution in [2.75, 3.05) is 13.2 Å². The van der Waals surface area contributed by atoms with Crippen molar-refractivity contribution in [3.63, 3.8) is 0 Å². The lowest BCUT2D eigenvalue weighted by Crippen LogP contribution is -2.40. The fraction of sp³-hybridized carbons (Fsp3) is 0.524. The lowest BCUT2D eigenvalue weighted by Gasteiger charge is -2.28. The number of rotatable bonds is 13. The van der Waals surface area contributed by atoms with E-state index in [0.29, 0.717) is 0 Å². The van der Waals surface area contributed by atoms with Crippen LogP contribution in [0.25, 0.3) is 11.2 Å². The van der Waals surface area contributed by atoms with Gasteiger partial charge < -0.3 is 60.0 Å². The minimum atomic E-state index is -5.54. The number of phosphoric ester groups is 3. The maximum absolute atomic E-state index is 12.5. The minimum Gasteiger partial charge on any atom is -0.387 e. The van der Waals surface area contributed by atoms with Crippen LogP contribution in [0.1, 0.15) is 12.6 Å². The van der Waals surface area contributed by atoms with Crippen LogP contribution in [-0.2, 0) is 45.8 Å². The smallest absolute Gasteiger partial charge is 0.387 e. The molecule has 1 amide bonds. The lowest BCUT2D eigenvalue weighted by atomic mass is 10.1. The number of hydrogen-bond donors (Lipinski definition) is 9. The summed E-state index contributed by atoms with van der Waals surface area (Å²) in [5.41, 5.74) is 4.38. The summed E-state index contributed by atoms with van der Waals surface area (Å²) >= 11 is 0. The molecular formula is C21H29N6O18P3. The number of aliphatic hydroxyl groups excluding tert-OH is 3. The van der Waals surface area contributed by atoms with Gasteiger partial charge in [-0.2, -0.15) is 4.31 Å². The van der Waals surface area contributed by atoms with Gasteiger partial charge in [0, 0.05) is 18.0 Å². The number of primary amides is 1. The Hall–Kier alpha value is -2.73. The number of carbonyl (C=O) groups excluding carboxylic acids is 1. The SMILES string of the molecule is NC(=O)C1=CN([C@@H]2OC(COP(=O)(O)OP(=O)(O)OC[C@H]3O[C@@H](n4cnc5c(=O)[nH]cnc54)[C@H](OP(=O)(O)O)[C@@H]3O)[C@@H](O)[C@H]2O)C=CC1. The van der Waals surface area contributed by atoms with Gasteiger partial charge in [-0.15, -0.1) is 0 Å². The number of carbonyl (C=O) groups is 1. The number of H-pyrrole nitrogens is 1. The van der Waals surface area contributed by atoms with Crippen molar-refractivity contribution in [3.8, 4) is 0 Å². The van der Waals surface area contributed by atoms with E-state index in [-0.39, 0.29) is 23.2 Å². The summed E-state index contributed by atoms with van der Waals surface area (Å²) in [6, 6.07) is 0. The zero-order valence-electron chi connectivity index (χ0n) is 24.0. The number of fused-ring (bicyclic) bond motifs is 1. The number of imidazole rings is 1. The van der Waals surface area contributed by atoms with Crippen molar-refractivity contribution in [1.82, 2.24) is 24.4 Å². The van der Waals surface area contributed by atoms with Crippen molar-refractivity contribution in [3.05, 3.63) is 47.1 Å². The van der Waals surface area contributed by atoms with Gasteiger partial charge in [0.15, 0.2) is 23.6 Å². The summed E-state index contributed by atoms with van der Waals surface area (Å²) in [7, 11) is -16.3. The fourth-order valence-electron chi connectivity index (χ4n) is 4.93. The predicted octanol–water partition coefficient (Wildman–Crippen LogP) is -2.86. The number of nitrogens with zero attached hydrogens (tertiary/aromatic N) is 4. The Bertz CT molecular complexity index is 1790. The number of aromatic amines is 1. The summed E-state index contributed by atoms with van der Waals surface area (Å²) in [4.78, 5) is 73.7. The Kier molecular flexibility index (Phi) is 10.6. The molecule has 3 aliphatic rings. The Balaban J connectivity index is 1.20. The zero-order valence-corrected chi connectivity index (χ0v) is 26.6. The third-order valence-corrected chi connectivity index (χ3v) is 10.2. The average molecular weight is 746 g/mol. The summed E-state index contributed by atoms with van der Waals surface area (Å²) in [5.74, 6) is -0.740. The molecule has 2 fully saturated rings. The molecule has 3 unspecified atom stereocenters. The van der Waals surface area contributed by atoms with E-state index in [2.05, 4.69) is 32.8 Å². The monoisotopic (exact) mass is 746 g/mol. The van der Waals surface area contributed by atoms with E-state index in [9.17, 15) is 58.2 Å². The normalized spacial score (nSPS) is 31.9. The molecule has 5 rings (SSSR count). The average Bonchev–Trinajstić information content (AvgIpc) is 3.64. The number of hydrogen-bond acceptors (Lipinski definition) is 17. The lowest BCUT2D eigenvalue weighted by molar-refractivity contribution is -0.115. The second kappa shape index (κ2) is 13.9. The van der Waals surface area contributed by atoms with Crippen LogP contribution in [0, 0.1) is 0 Å². The van der Waals surface area contributed by atoms with Crippen LogP contribution >= 0.6 is 23.5 Å². The molecule has 0 aliphatic carbocycles. The maximum atomic E-state index is 12.5. The number of nitrogens with one attached hydrogen (secondary N) is 1. The van der Waals surface area contributed by atoms with Crippen LogP contribution in [0.5, 0.6) is 0 Å². The first-order valence-corrected chi connectivity index (χ1v) is 18.0. The summed E-state index contributed by atoms with van der Waals surface area (Å²) < 4.78 is 66.9. The van der Waals surface area contributed by atoms with Crippen LogP contribution in [0.15, 0.2) is 41.5 Å². The number of phosphoric acid groups is 3. The fourth-order valence-corrected chi connectivity index (χ4v) is 7.56. The Morgan fingerprint density at radius 1 is 0.979 bits per heavy atom. The number of aromatic nitrogens is 4. The molecule has 0 spiro atoms. The first-order valence-electron chi connectivity index (χ1n) is 13.5. The molecule has 10 N–H and O–H groups in total. The van der Waals surface area contributed by atoms with E-state index >= 15 is 0 Å². The van der Waals surface area contributed by atoms with Gasteiger partial charge in [-0.1, -0.05) is 6.08 Å². The van der Waals surface area contributed by atoms with Gasteiger partial charge in [0.2, 0.25) is 5.91 Å². The van der Waals surface area contributed by atoms with E-state index in [1.165, 1.54) is 23.4 Å². The first kappa shape index (κ1) is 36.5. The van der Waals surface area contributed by atoms with Crippen molar-refractivity contribution < 1.29 is 80.7 Å². The van der Waals surface area contributed by atoms with Crippen LogP contribution in [0.2, 0.25) is 0 Å². The van der Waals surface area contributed by atoms with Gasteiger partial charge in [0.05, 0.1) is 25.9 Å². The molecule has 0 radical (unpaired) electrons. The summed E-state index contributed by atoms with van der Waals surface area (Å²) in [6.45, 7) is -2.06. The topological polar surface area (TPSA) is 358 Å². The molecular weight excluding hydrogens is 717 g/mol. The summed E-state index contributed by atoms with van der Waals surface area (Å²) in [6.07, 6.45) is -6.89. The highest BCUT2D eigenvalue weighted by atomic mass is 31.3. The van der Waals surface area contributed by atoms with Gasteiger partial charge in [-0.05, 0) is 6.42 Å². The van der Waals surface area contributed by atoms with E-state index < -0.39 is 97.2 Å². The van der Waals surface area contributed by atoms with Gasteiger partial charge >= 0.3 is 23.5 Å². The second-order valence-corrected chi connectivity index (χ2v) is 14.6. The van der Waals surface area contributed by atoms with E-state index in [0.717, 1.165) is 17.2 Å². The molecule has 0 saturated carbocycles. The van der Waals surface area contributed by atoms with Crippen molar-refractivity contribution in [2.24, 2.45) is 5.73 Å². The Labute approximate surface area is 267 Å². The molecule has 2 aromatic heterocycles. The van der Waals surface area contributed by atoms with Gasteiger partial charge in [0.25, 0.3) is 5.56 Å². The number of ether oxygens (including phenoxy) is 2. The molecule has 3 aliphatic heterocycles. The number of amides is 1. The van der Waals surface area contributed by atoms with E-state index in [1.54, 1.807) is 0 Å². The largest absolute Gasteiger partial charge is 0.481 e. The van der Waals surface area contributed by atoms with E-state index in [4.69, 9.17) is 15.2 Å². The zero-order chi connectivity index (χ0) is 35.2. The van der Waals surface area contributed by atoms with Crippen molar-refractivity contribution >= 4 is 40.5 Å². The molecule has 0 aromatic carbocycles. The van der Waals surface area contributed by atoms with Gasteiger partial charge in [0.1, 0.15) is 36.6 Å². The summed E-state index contributed by atoms with van der Waals surface area (Å²) in [5, 5.41) is 31.5. The van der Waals surface area contributed by atoms with Gasteiger partial charge in [-0.3, -0.25) is 27.7 Å². The Morgan fingerprint density at radius 2 is 1.60 bits per heavy atom. The molecule has 2 saturated heterocycles. The third kappa shape index (κ3) is 8.17. The quantitative estimate of drug-likeness (QED) is 0.0931. The number of aliphatic hydroxyl groups is 3. The van der Waals surface area contributed by atoms with Crippen LogP contribution in [0.4, 0.5) is 0 Å². The molecule has 0 bridgehead atoms. The maximum Gasteiger partial charge on any atom is 0.481 e. The molecule has 10 atom stereocenters. The second-order valence-electron chi connectivity index (χ2n) is 10.4. The molecule has 2 aromatic rings. The standard InChI is InChI=1S/C21H29N6O18P3/c22-17(31)9-2-1-3-26(4-9)20-15(30)13(28)10(42-20)5-40-47(36,37)45-48(38,39)41-6-11-14(29)16(44-46(33,34)35)21(43-11)27-8-25-12-18(27)23-7-24-19(12)32/h1,3-4,7-8,10-11,13-16,20-21,28-30H,2,5-6H2,(H2,22,31)(H,36,37)(H,38,39)(H,23,24,32)(H2,33,34,35)/t10?,11-,13-,14-,15-,16-,20-,21-/m1/s1. The molecule has 48 heavy (non-hydrogen) atoms. The van der Waals surface area contributed by atoms with Crippen molar-refractivity contribution in [1.29, 1.82) is 0 Å². The van der Waals surface area contributed by atoms with Gasteiger partial charge in [-0.25, -0.2) is 23.7 Å². The highest BCUT2D eigenvalue weighted by Crippen LogP contribution is 2.61. The third-order valence-electron chi connectivity index (χ3n) is 7.09. The highest BCUT2D eigenvalue weighted by Gasteiger charge is 2.51. The highest BCUT2D eigenvalue weighted by molar-refractivity contribution is 7.61. The number of allylic oxidation sites excluding steroid dienone is 1. The van der Waals surface area contributed by atoms with Crippen molar-refractivity contribution in [2.45, 2.75) is 55.5 Å². The molecule has 27 heteroatoms. The van der Waals surface area contributed by atoms with Crippen LogP contribution in [0.3, 0.4) is 0 Å². The van der Waals surface area contributed by atoms with E-state index in [1.807, 2.05) is 0 Å². The molecule has 266 valence electrons.